The molecule has 0 heterocycles. The van der Waals surface area contributed by atoms with Gasteiger partial charge in [0.1, 0.15) is 23.5 Å². The minimum atomic E-state index is -0.701. The molecule has 8 heteroatoms. The zero-order valence-corrected chi connectivity index (χ0v) is 18.0. The van der Waals surface area contributed by atoms with Gasteiger partial charge in [0.2, 0.25) is 0 Å². The van der Waals surface area contributed by atoms with E-state index in [-0.39, 0.29) is 30.6 Å². The Labute approximate surface area is 171 Å². The number of rotatable bonds is 8. The van der Waals surface area contributed by atoms with Crippen molar-refractivity contribution in [1.29, 1.82) is 0 Å². The molecule has 0 aromatic heterocycles. The van der Waals surface area contributed by atoms with Crippen LogP contribution in [-0.4, -0.2) is 43.4 Å². The summed E-state index contributed by atoms with van der Waals surface area (Å²) in [5.74, 6) is 1.61. The first-order chi connectivity index (χ1) is 10.9. The van der Waals surface area contributed by atoms with Gasteiger partial charge in [0.15, 0.2) is 5.96 Å². The Bertz CT molecular complexity index is 516. The molecular formula is C16H26Cl2IN3O2. The molecule has 0 aliphatic rings. The van der Waals surface area contributed by atoms with E-state index in [1.54, 1.807) is 18.2 Å². The van der Waals surface area contributed by atoms with Gasteiger partial charge in [0.25, 0.3) is 0 Å². The molecule has 0 fully saturated rings. The third kappa shape index (κ3) is 9.15. The van der Waals surface area contributed by atoms with Crippen LogP contribution in [-0.2, 0) is 0 Å². The number of aliphatic hydroxyl groups excluding tert-OH is 1. The molecule has 0 aliphatic carbocycles. The van der Waals surface area contributed by atoms with E-state index in [0.29, 0.717) is 34.2 Å². The quantitative estimate of drug-likeness (QED) is 0.297. The van der Waals surface area contributed by atoms with E-state index >= 15 is 0 Å². The van der Waals surface area contributed by atoms with Gasteiger partial charge < -0.3 is 20.5 Å². The summed E-state index contributed by atoms with van der Waals surface area (Å²) < 4.78 is 5.50. The van der Waals surface area contributed by atoms with Crippen LogP contribution in [0.2, 0.25) is 10.0 Å². The van der Waals surface area contributed by atoms with Crippen molar-refractivity contribution in [3.05, 3.63) is 28.2 Å². The highest BCUT2D eigenvalue weighted by molar-refractivity contribution is 14.0. The first-order valence-corrected chi connectivity index (χ1v) is 8.46. The maximum Gasteiger partial charge on any atom is 0.191 e. The molecule has 1 aromatic rings. The van der Waals surface area contributed by atoms with Crippen LogP contribution >= 0.6 is 47.2 Å². The zero-order valence-electron chi connectivity index (χ0n) is 14.2. The third-order valence-electron chi connectivity index (χ3n) is 2.81. The number of hydrogen-bond acceptors (Lipinski definition) is 3. The molecule has 0 amide bonds. The molecule has 138 valence electrons. The molecule has 1 rings (SSSR count). The molecular weight excluding hydrogens is 464 g/mol. The summed E-state index contributed by atoms with van der Waals surface area (Å²) in [5, 5.41) is 17.0. The van der Waals surface area contributed by atoms with E-state index in [9.17, 15) is 5.11 Å². The van der Waals surface area contributed by atoms with Crippen molar-refractivity contribution in [3.8, 4) is 5.75 Å². The van der Waals surface area contributed by atoms with Crippen LogP contribution in [0.3, 0.4) is 0 Å². The minimum Gasteiger partial charge on any atom is -0.489 e. The molecule has 1 aromatic carbocycles. The third-order valence-corrected chi connectivity index (χ3v) is 3.61. The van der Waals surface area contributed by atoms with E-state index in [0.717, 1.165) is 13.1 Å². The average Bonchev–Trinajstić information content (AvgIpc) is 2.51. The molecule has 0 saturated carbocycles. The Balaban J connectivity index is 0.00000529. The lowest BCUT2D eigenvalue weighted by Crippen LogP contribution is -2.42. The zero-order chi connectivity index (χ0) is 17.2. The maximum atomic E-state index is 10.0. The van der Waals surface area contributed by atoms with Crippen LogP contribution in [0.1, 0.15) is 20.8 Å². The van der Waals surface area contributed by atoms with E-state index in [1.807, 2.05) is 6.92 Å². The lowest BCUT2D eigenvalue weighted by atomic mass is 10.2. The van der Waals surface area contributed by atoms with Crippen molar-refractivity contribution in [2.24, 2.45) is 10.9 Å². The number of hydrogen-bond donors (Lipinski definition) is 3. The lowest BCUT2D eigenvalue weighted by molar-refractivity contribution is 0.110. The molecule has 0 saturated heterocycles. The summed E-state index contributed by atoms with van der Waals surface area (Å²) >= 11 is 11.9. The number of aliphatic imine (C=N–C) groups is 1. The number of aliphatic hydroxyl groups is 1. The second-order valence-electron chi connectivity index (χ2n) is 5.51. The summed E-state index contributed by atoms with van der Waals surface area (Å²) in [6.45, 7) is 8.11. The van der Waals surface area contributed by atoms with Crippen molar-refractivity contribution < 1.29 is 9.84 Å². The predicted molar refractivity (Wildman–Crippen MR) is 112 cm³/mol. The smallest absolute Gasteiger partial charge is 0.191 e. The highest BCUT2D eigenvalue weighted by Gasteiger charge is 2.10. The molecule has 0 radical (unpaired) electrons. The maximum absolute atomic E-state index is 10.0. The van der Waals surface area contributed by atoms with E-state index in [2.05, 4.69) is 29.5 Å². The molecule has 0 aliphatic heterocycles. The van der Waals surface area contributed by atoms with Crippen molar-refractivity contribution in [1.82, 2.24) is 10.6 Å². The van der Waals surface area contributed by atoms with Crippen molar-refractivity contribution in [2.45, 2.75) is 26.9 Å². The normalized spacial score (nSPS) is 12.5. The fourth-order valence-electron chi connectivity index (χ4n) is 1.67. The highest BCUT2D eigenvalue weighted by Crippen LogP contribution is 2.31. The molecule has 1 atom stereocenters. The van der Waals surface area contributed by atoms with Crippen molar-refractivity contribution in [2.75, 3.05) is 26.2 Å². The lowest BCUT2D eigenvalue weighted by Gasteiger charge is -2.16. The van der Waals surface area contributed by atoms with Gasteiger partial charge in [-0.05, 0) is 25.0 Å². The van der Waals surface area contributed by atoms with Crippen LogP contribution in [0, 0.1) is 5.92 Å². The standard InChI is InChI=1S/C16H25Cl2N3O2.HI/c1-4-19-16(20-8-11(2)3)21-9-12(22)10-23-14-7-5-6-13(17)15(14)18;/h5-7,11-12,22H,4,8-10H2,1-3H3,(H2,19,20,21);1H. The van der Waals surface area contributed by atoms with E-state index in [4.69, 9.17) is 27.9 Å². The number of nitrogens with one attached hydrogen (secondary N) is 2. The molecule has 24 heavy (non-hydrogen) atoms. The van der Waals surface area contributed by atoms with Crippen molar-refractivity contribution in [3.63, 3.8) is 0 Å². The van der Waals surface area contributed by atoms with E-state index < -0.39 is 6.10 Å². The summed E-state index contributed by atoms with van der Waals surface area (Å²) in [7, 11) is 0. The average molecular weight is 490 g/mol. The molecule has 0 spiro atoms. The predicted octanol–water partition coefficient (Wildman–Crippen LogP) is 3.56. The van der Waals surface area contributed by atoms with Gasteiger partial charge in [-0.15, -0.1) is 24.0 Å². The second kappa shape index (κ2) is 12.9. The van der Waals surface area contributed by atoms with Gasteiger partial charge in [0, 0.05) is 19.6 Å². The fraction of sp³-hybridized carbons (Fsp3) is 0.562. The number of halogens is 3. The second-order valence-corrected chi connectivity index (χ2v) is 6.30. The Morgan fingerprint density at radius 3 is 2.62 bits per heavy atom. The summed E-state index contributed by atoms with van der Waals surface area (Å²) in [6.07, 6.45) is -0.701. The molecule has 3 N–H and O–H groups in total. The Hall–Kier alpha value is -0.440. The summed E-state index contributed by atoms with van der Waals surface area (Å²) in [4.78, 5) is 4.43. The monoisotopic (exact) mass is 489 g/mol. The molecule has 1 unspecified atom stereocenters. The number of ether oxygens (including phenoxy) is 1. The van der Waals surface area contributed by atoms with Crippen LogP contribution in [0.4, 0.5) is 0 Å². The van der Waals surface area contributed by atoms with Gasteiger partial charge in [-0.1, -0.05) is 43.1 Å². The van der Waals surface area contributed by atoms with Crippen molar-refractivity contribution >= 4 is 53.1 Å². The molecule has 5 nitrogen and oxygen atoms in total. The number of nitrogens with zero attached hydrogens (tertiary/aromatic N) is 1. The minimum absolute atomic E-state index is 0. The SMILES string of the molecule is CCNC(=NCC(C)C)NCC(O)COc1cccc(Cl)c1Cl.I. The van der Waals surface area contributed by atoms with Gasteiger partial charge >= 0.3 is 0 Å². The van der Waals surface area contributed by atoms with Crippen LogP contribution in [0.5, 0.6) is 5.75 Å². The number of benzene rings is 1. The first kappa shape index (κ1) is 23.6. The first-order valence-electron chi connectivity index (χ1n) is 7.71. The largest absolute Gasteiger partial charge is 0.489 e. The Morgan fingerprint density at radius 2 is 2.00 bits per heavy atom. The fourth-order valence-corrected chi connectivity index (χ4v) is 2.02. The van der Waals surface area contributed by atoms with Gasteiger partial charge in [-0.3, -0.25) is 4.99 Å². The van der Waals surface area contributed by atoms with Crippen LogP contribution in [0.15, 0.2) is 23.2 Å². The Kier molecular flexibility index (Phi) is 12.6. The Morgan fingerprint density at radius 1 is 1.29 bits per heavy atom. The number of guanidine groups is 1. The molecule has 0 bridgehead atoms. The highest BCUT2D eigenvalue weighted by atomic mass is 127. The van der Waals surface area contributed by atoms with Crippen LogP contribution < -0.4 is 15.4 Å². The van der Waals surface area contributed by atoms with Crippen LogP contribution in [0.25, 0.3) is 0 Å². The topological polar surface area (TPSA) is 65.9 Å². The van der Waals surface area contributed by atoms with Gasteiger partial charge in [-0.25, -0.2) is 0 Å². The summed E-state index contributed by atoms with van der Waals surface area (Å²) in [5.41, 5.74) is 0. The van der Waals surface area contributed by atoms with Gasteiger partial charge in [0.05, 0.1) is 5.02 Å². The van der Waals surface area contributed by atoms with Gasteiger partial charge in [-0.2, -0.15) is 0 Å². The summed E-state index contributed by atoms with van der Waals surface area (Å²) in [6, 6.07) is 5.14. The van der Waals surface area contributed by atoms with E-state index in [1.165, 1.54) is 0 Å².